The predicted octanol–water partition coefficient (Wildman–Crippen LogP) is 4.55. The molecule has 0 spiro atoms. The third kappa shape index (κ3) is 1.97. The van der Waals surface area contributed by atoms with E-state index in [0.717, 1.165) is 22.6 Å². The van der Waals surface area contributed by atoms with E-state index in [1.807, 2.05) is 37.3 Å². The van der Waals surface area contributed by atoms with E-state index in [9.17, 15) is 0 Å². The summed E-state index contributed by atoms with van der Waals surface area (Å²) in [5, 5.41) is 0.705. The number of furan rings is 1. The highest BCUT2D eigenvalue weighted by atomic mass is 35.5. The van der Waals surface area contributed by atoms with Crippen LogP contribution in [-0.2, 0) is 0 Å². The Morgan fingerprint density at radius 3 is 2.67 bits per heavy atom. The number of rotatable bonds is 2. The topological polar surface area (TPSA) is 13.1 Å². The van der Waals surface area contributed by atoms with E-state index in [0.29, 0.717) is 5.02 Å². The fraction of sp³-hybridized carbons (Fsp3) is 0.0769. The van der Waals surface area contributed by atoms with Crippen LogP contribution in [0.15, 0.2) is 41.3 Å². The second-order valence-corrected chi connectivity index (χ2v) is 3.78. The highest BCUT2D eigenvalue weighted by Crippen LogP contribution is 2.28. The molecule has 0 fully saturated rings. The van der Waals surface area contributed by atoms with Crippen molar-refractivity contribution in [1.29, 1.82) is 0 Å². The maximum absolute atomic E-state index is 5.91. The summed E-state index contributed by atoms with van der Waals surface area (Å²) in [5.41, 5.74) is 2.00. The number of hydrogen-bond acceptors (Lipinski definition) is 1. The van der Waals surface area contributed by atoms with Crippen LogP contribution in [0.5, 0.6) is 0 Å². The van der Waals surface area contributed by atoms with Crippen molar-refractivity contribution in [2.75, 3.05) is 0 Å². The Balaban J connectivity index is 2.57. The van der Waals surface area contributed by atoms with E-state index in [4.69, 9.17) is 16.0 Å². The lowest BCUT2D eigenvalue weighted by atomic mass is 10.1. The van der Waals surface area contributed by atoms with Crippen LogP contribution < -0.4 is 0 Å². The first-order valence-corrected chi connectivity index (χ1v) is 5.07. The van der Waals surface area contributed by atoms with Crippen LogP contribution in [0.25, 0.3) is 17.4 Å². The van der Waals surface area contributed by atoms with E-state index in [1.165, 1.54) is 0 Å². The summed E-state index contributed by atoms with van der Waals surface area (Å²) in [5.74, 6) is 1.74. The summed E-state index contributed by atoms with van der Waals surface area (Å²) in [6.45, 7) is 5.69. The zero-order valence-corrected chi connectivity index (χ0v) is 9.21. The molecule has 0 N–H and O–H groups in total. The van der Waals surface area contributed by atoms with Gasteiger partial charge in [-0.25, -0.2) is 0 Å². The monoisotopic (exact) mass is 218 g/mol. The number of hydrogen-bond donors (Lipinski definition) is 0. The molecule has 0 unspecified atom stereocenters. The zero-order chi connectivity index (χ0) is 10.8. The fourth-order valence-electron chi connectivity index (χ4n) is 1.51. The molecule has 1 aromatic carbocycles. The summed E-state index contributed by atoms with van der Waals surface area (Å²) >= 11 is 5.91. The SMILES string of the molecule is C=Cc1cc(Cl)ccc1-c1ccc(C)o1. The third-order valence-corrected chi connectivity index (χ3v) is 2.47. The summed E-state index contributed by atoms with van der Waals surface area (Å²) < 4.78 is 5.56. The van der Waals surface area contributed by atoms with E-state index < -0.39 is 0 Å². The quantitative estimate of drug-likeness (QED) is 0.721. The minimum absolute atomic E-state index is 0.705. The van der Waals surface area contributed by atoms with E-state index in [2.05, 4.69) is 6.58 Å². The van der Waals surface area contributed by atoms with Crippen molar-refractivity contribution in [2.45, 2.75) is 6.92 Å². The summed E-state index contributed by atoms with van der Waals surface area (Å²) in [4.78, 5) is 0. The molecular weight excluding hydrogens is 208 g/mol. The second kappa shape index (κ2) is 3.95. The van der Waals surface area contributed by atoms with Gasteiger partial charge in [-0.1, -0.05) is 24.3 Å². The average molecular weight is 219 g/mol. The van der Waals surface area contributed by atoms with Gasteiger partial charge < -0.3 is 4.42 Å². The molecule has 0 amide bonds. The Morgan fingerprint density at radius 2 is 2.07 bits per heavy atom. The smallest absolute Gasteiger partial charge is 0.134 e. The maximum Gasteiger partial charge on any atom is 0.134 e. The first-order chi connectivity index (χ1) is 7.20. The van der Waals surface area contributed by atoms with Crippen molar-refractivity contribution >= 4 is 17.7 Å². The van der Waals surface area contributed by atoms with E-state index in [1.54, 1.807) is 6.08 Å². The van der Waals surface area contributed by atoms with Crippen LogP contribution in [0.4, 0.5) is 0 Å². The summed E-state index contributed by atoms with van der Waals surface area (Å²) in [6.07, 6.45) is 1.78. The van der Waals surface area contributed by atoms with Crippen LogP contribution >= 0.6 is 11.6 Å². The summed E-state index contributed by atoms with van der Waals surface area (Å²) in [6, 6.07) is 9.56. The normalized spacial score (nSPS) is 10.3. The fourth-order valence-corrected chi connectivity index (χ4v) is 1.69. The molecule has 0 saturated heterocycles. The van der Waals surface area contributed by atoms with Gasteiger partial charge in [0, 0.05) is 10.6 Å². The Morgan fingerprint density at radius 1 is 1.27 bits per heavy atom. The first-order valence-electron chi connectivity index (χ1n) is 4.69. The van der Waals surface area contributed by atoms with Gasteiger partial charge >= 0.3 is 0 Å². The first kappa shape index (κ1) is 10.1. The van der Waals surface area contributed by atoms with Crippen molar-refractivity contribution in [3.05, 3.63) is 53.3 Å². The van der Waals surface area contributed by atoms with Crippen LogP contribution in [-0.4, -0.2) is 0 Å². The summed E-state index contributed by atoms with van der Waals surface area (Å²) in [7, 11) is 0. The molecule has 2 heteroatoms. The number of halogens is 1. The third-order valence-electron chi connectivity index (χ3n) is 2.24. The minimum Gasteiger partial charge on any atom is -0.461 e. The lowest BCUT2D eigenvalue weighted by Crippen LogP contribution is -1.80. The molecule has 2 aromatic rings. The average Bonchev–Trinajstić information content (AvgIpc) is 2.64. The molecule has 1 heterocycles. The van der Waals surface area contributed by atoms with E-state index in [-0.39, 0.29) is 0 Å². The molecule has 0 atom stereocenters. The van der Waals surface area contributed by atoms with Crippen LogP contribution in [0.3, 0.4) is 0 Å². The lowest BCUT2D eigenvalue weighted by molar-refractivity contribution is 0.548. The van der Waals surface area contributed by atoms with Crippen molar-refractivity contribution in [3.63, 3.8) is 0 Å². The predicted molar refractivity (Wildman–Crippen MR) is 64.0 cm³/mol. The van der Waals surface area contributed by atoms with Gasteiger partial charge in [-0.05, 0) is 42.8 Å². The molecule has 0 saturated carbocycles. The van der Waals surface area contributed by atoms with Crippen molar-refractivity contribution in [2.24, 2.45) is 0 Å². The van der Waals surface area contributed by atoms with E-state index >= 15 is 0 Å². The van der Waals surface area contributed by atoms with Gasteiger partial charge in [0.15, 0.2) is 0 Å². The van der Waals surface area contributed by atoms with Gasteiger partial charge in [0.2, 0.25) is 0 Å². The molecule has 0 aliphatic heterocycles. The minimum atomic E-state index is 0.705. The standard InChI is InChI=1S/C13H11ClO/c1-3-10-8-11(14)5-6-12(10)13-7-4-9(2)15-13/h3-8H,1H2,2H3. The molecule has 2 rings (SSSR count). The molecular formula is C13H11ClO. The molecule has 15 heavy (non-hydrogen) atoms. The van der Waals surface area contributed by atoms with Crippen LogP contribution in [0, 0.1) is 6.92 Å². The van der Waals surface area contributed by atoms with Crippen LogP contribution in [0.1, 0.15) is 11.3 Å². The van der Waals surface area contributed by atoms with Gasteiger partial charge in [0.25, 0.3) is 0 Å². The Labute approximate surface area is 94.0 Å². The van der Waals surface area contributed by atoms with Crippen LogP contribution in [0.2, 0.25) is 5.02 Å². The lowest BCUT2D eigenvalue weighted by Gasteiger charge is -2.03. The highest BCUT2D eigenvalue weighted by molar-refractivity contribution is 6.30. The Hall–Kier alpha value is -1.47. The molecule has 1 aromatic heterocycles. The maximum atomic E-state index is 5.91. The van der Waals surface area contributed by atoms with Crippen molar-refractivity contribution in [1.82, 2.24) is 0 Å². The van der Waals surface area contributed by atoms with Crippen molar-refractivity contribution in [3.8, 4) is 11.3 Å². The molecule has 76 valence electrons. The molecule has 0 radical (unpaired) electrons. The number of benzene rings is 1. The molecule has 0 bridgehead atoms. The zero-order valence-electron chi connectivity index (χ0n) is 8.46. The largest absolute Gasteiger partial charge is 0.461 e. The molecule has 1 nitrogen and oxygen atoms in total. The molecule has 0 aliphatic rings. The number of aryl methyl sites for hydroxylation is 1. The van der Waals surface area contributed by atoms with Gasteiger partial charge in [0.05, 0.1) is 0 Å². The Bertz CT molecular complexity index is 497. The van der Waals surface area contributed by atoms with Crippen molar-refractivity contribution < 1.29 is 4.42 Å². The van der Waals surface area contributed by atoms with Gasteiger partial charge in [-0.15, -0.1) is 0 Å². The van der Waals surface area contributed by atoms with Gasteiger partial charge in [-0.2, -0.15) is 0 Å². The van der Waals surface area contributed by atoms with Gasteiger partial charge in [0.1, 0.15) is 11.5 Å². The second-order valence-electron chi connectivity index (χ2n) is 3.35. The van der Waals surface area contributed by atoms with Gasteiger partial charge in [-0.3, -0.25) is 0 Å². The highest BCUT2D eigenvalue weighted by Gasteiger charge is 2.06. The Kier molecular flexibility index (Phi) is 2.65. The molecule has 0 aliphatic carbocycles.